The Morgan fingerprint density at radius 1 is 1.14 bits per heavy atom. The number of hydrogen-bond donors (Lipinski definition) is 0. The number of nitrogens with zero attached hydrogens (tertiary/aromatic N) is 4. The van der Waals surface area contributed by atoms with Crippen LogP contribution in [0.5, 0.6) is 0 Å². The summed E-state index contributed by atoms with van der Waals surface area (Å²) in [5.74, 6) is 0.0223. The number of aromatic nitrogens is 3. The molecule has 0 unspecified atom stereocenters. The van der Waals surface area contributed by atoms with Gasteiger partial charge in [-0.1, -0.05) is 12.1 Å². The van der Waals surface area contributed by atoms with Crippen LogP contribution in [0, 0.1) is 0 Å². The molecule has 0 fully saturated rings. The second-order valence-electron chi connectivity index (χ2n) is 4.67. The maximum absolute atomic E-state index is 12.7. The first-order valence-corrected chi connectivity index (χ1v) is 7.21. The molecule has 0 aliphatic rings. The fraction of sp³-hybridized carbons (Fsp3) is 0.214. The van der Waals surface area contributed by atoms with Crippen LogP contribution >= 0.6 is 11.3 Å². The molecule has 1 aromatic carbocycles. The molecule has 4 nitrogen and oxygen atoms in total. The van der Waals surface area contributed by atoms with Gasteiger partial charge in [0.1, 0.15) is 10.7 Å². The summed E-state index contributed by atoms with van der Waals surface area (Å²) < 4.78 is 39.1. The van der Waals surface area contributed by atoms with E-state index in [4.69, 9.17) is 0 Å². The van der Waals surface area contributed by atoms with Crippen molar-refractivity contribution in [2.75, 3.05) is 11.9 Å². The highest BCUT2D eigenvalue weighted by Gasteiger charge is 2.33. The van der Waals surface area contributed by atoms with Crippen molar-refractivity contribution in [2.45, 2.75) is 12.7 Å². The Morgan fingerprint density at radius 3 is 2.64 bits per heavy atom. The minimum atomic E-state index is -4.48. The lowest BCUT2D eigenvalue weighted by Crippen LogP contribution is -2.20. The van der Waals surface area contributed by atoms with Crippen molar-refractivity contribution in [1.82, 2.24) is 15.0 Å². The molecule has 0 bridgehead atoms. The number of para-hydroxylation sites is 1. The van der Waals surface area contributed by atoms with Crippen LogP contribution in [0.4, 0.5) is 19.1 Å². The fourth-order valence-corrected chi connectivity index (χ4v) is 2.97. The Bertz CT molecular complexity index is 767. The van der Waals surface area contributed by atoms with Crippen LogP contribution in [0.1, 0.15) is 10.7 Å². The highest BCUT2D eigenvalue weighted by molar-refractivity contribution is 7.18. The number of halogens is 3. The van der Waals surface area contributed by atoms with Gasteiger partial charge < -0.3 is 4.90 Å². The van der Waals surface area contributed by atoms with Gasteiger partial charge in [-0.15, -0.1) is 11.3 Å². The molecule has 0 N–H and O–H groups in total. The van der Waals surface area contributed by atoms with Gasteiger partial charge in [0.2, 0.25) is 5.95 Å². The molecular weight excluding hydrogens is 313 g/mol. The molecule has 0 atom stereocenters. The first-order valence-electron chi connectivity index (χ1n) is 6.39. The van der Waals surface area contributed by atoms with Gasteiger partial charge in [-0.2, -0.15) is 13.2 Å². The maximum Gasteiger partial charge on any atom is 0.433 e. The topological polar surface area (TPSA) is 41.9 Å². The lowest BCUT2D eigenvalue weighted by molar-refractivity contribution is -0.141. The van der Waals surface area contributed by atoms with Crippen LogP contribution in [-0.2, 0) is 12.7 Å². The first-order chi connectivity index (χ1) is 10.4. The largest absolute Gasteiger partial charge is 0.433 e. The molecule has 3 rings (SSSR count). The van der Waals surface area contributed by atoms with E-state index in [0.29, 0.717) is 6.54 Å². The number of rotatable bonds is 3. The third-order valence-electron chi connectivity index (χ3n) is 2.99. The van der Waals surface area contributed by atoms with Gasteiger partial charge in [-0.3, -0.25) is 0 Å². The summed E-state index contributed by atoms with van der Waals surface area (Å²) >= 11 is 1.50. The summed E-state index contributed by atoms with van der Waals surface area (Å²) in [5.41, 5.74) is -0.0745. The summed E-state index contributed by atoms with van der Waals surface area (Å²) in [6.07, 6.45) is -3.37. The van der Waals surface area contributed by atoms with E-state index in [1.807, 2.05) is 24.3 Å². The highest BCUT2D eigenvalue weighted by Crippen LogP contribution is 2.28. The van der Waals surface area contributed by atoms with Crippen molar-refractivity contribution in [3.63, 3.8) is 0 Å². The standard InChI is InChI=1S/C14H11F3N4S/c1-21(13-18-7-6-11(20-13)14(15,16)17)8-12-19-9-4-2-3-5-10(9)22-12/h2-7H,8H2,1H3. The molecule has 0 spiro atoms. The molecule has 2 heterocycles. The smallest absolute Gasteiger partial charge is 0.337 e. The molecule has 0 aliphatic carbocycles. The molecule has 3 aromatic rings. The Kier molecular flexibility index (Phi) is 3.69. The molecule has 0 aliphatic heterocycles. The normalized spacial score (nSPS) is 11.8. The second kappa shape index (κ2) is 5.53. The van der Waals surface area contributed by atoms with Crippen LogP contribution in [0.3, 0.4) is 0 Å². The minimum absolute atomic E-state index is 0.0223. The number of thiazole rings is 1. The van der Waals surface area contributed by atoms with Gasteiger partial charge in [0.15, 0.2) is 0 Å². The van der Waals surface area contributed by atoms with Crippen molar-refractivity contribution < 1.29 is 13.2 Å². The predicted molar refractivity (Wildman–Crippen MR) is 78.8 cm³/mol. The maximum atomic E-state index is 12.7. The Morgan fingerprint density at radius 2 is 1.91 bits per heavy atom. The van der Waals surface area contributed by atoms with E-state index in [2.05, 4.69) is 15.0 Å². The molecule has 8 heteroatoms. The first kappa shape index (κ1) is 14.7. The Balaban J connectivity index is 1.83. The van der Waals surface area contributed by atoms with Crippen LogP contribution in [0.15, 0.2) is 36.5 Å². The monoisotopic (exact) mass is 324 g/mol. The lowest BCUT2D eigenvalue weighted by Gasteiger charge is -2.16. The van der Waals surface area contributed by atoms with E-state index in [0.717, 1.165) is 27.5 Å². The molecular formula is C14H11F3N4S. The van der Waals surface area contributed by atoms with Crippen molar-refractivity contribution in [3.05, 3.63) is 47.2 Å². The van der Waals surface area contributed by atoms with E-state index >= 15 is 0 Å². The van der Waals surface area contributed by atoms with Crippen molar-refractivity contribution >= 4 is 27.5 Å². The van der Waals surface area contributed by atoms with Gasteiger partial charge >= 0.3 is 6.18 Å². The number of benzene rings is 1. The number of fused-ring (bicyclic) bond motifs is 1. The zero-order valence-electron chi connectivity index (χ0n) is 11.5. The molecule has 0 amide bonds. The number of alkyl halides is 3. The molecule has 22 heavy (non-hydrogen) atoms. The zero-order chi connectivity index (χ0) is 15.7. The summed E-state index contributed by atoms with van der Waals surface area (Å²) in [6.45, 7) is 0.348. The van der Waals surface area contributed by atoms with E-state index in [-0.39, 0.29) is 5.95 Å². The number of hydrogen-bond acceptors (Lipinski definition) is 5. The molecule has 0 radical (unpaired) electrons. The van der Waals surface area contributed by atoms with Crippen molar-refractivity contribution in [1.29, 1.82) is 0 Å². The minimum Gasteiger partial charge on any atom is -0.337 e. The van der Waals surface area contributed by atoms with E-state index in [9.17, 15) is 13.2 Å². The molecule has 2 aromatic heterocycles. The Labute approximate surface area is 128 Å². The lowest BCUT2D eigenvalue weighted by atomic mass is 10.3. The quantitative estimate of drug-likeness (QED) is 0.736. The summed E-state index contributed by atoms with van der Waals surface area (Å²) in [4.78, 5) is 13.5. The third-order valence-corrected chi connectivity index (χ3v) is 4.01. The van der Waals surface area contributed by atoms with Crippen LogP contribution < -0.4 is 4.90 Å². The summed E-state index contributed by atoms with van der Waals surface area (Å²) in [5, 5.41) is 0.796. The van der Waals surface area contributed by atoms with Gasteiger partial charge in [0.05, 0.1) is 16.8 Å². The fourth-order valence-electron chi connectivity index (χ4n) is 1.95. The highest BCUT2D eigenvalue weighted by atomic mass is 32.1. The predicted octanol–water partition coefficient (Wildman–Crippen LogP) is 3.74. The summed E-state index contributed by atoms with van der Waals surface area (Å²) in [7, 11) is 1.64. The van der Waals surface area contributed by atoms with Crippen LogP contribution in [-0.4, -0.2) is 22.0 Å². The van der Waals surface area contributed by atoms with E-state index in [1.54, 1.807) is 11.9 Å². The van der Waals surface area contributed by atoms with E-state index < -0.39 is 11.9 Å². The molecule has 114 valence electrons. The Hall–Kier alpha value is -2.22. The number of anilines is 1. The average molecular weight is 324 g/mol. The van der Waals surface area contributed by atoms with Gasteiger partial charge in [-0.25, -0.2) is 15.0 Å². The molecule has 0 saturated heterocycles. The summed E-state index contributed by atoms with van der Waals surface area (Å²) in [6, 6.07) is 8.53. The van der Waals surface area contributed by atoms with Gasteiger partial charge in [0.25, 0.3) is 0 Å². The average Bonchev–Trinajstić information content (AvgIpc) is 2.88. The van der Waals surface area contributed by atoms with Crippen LogP contribution in [0.2, 0.25) is 0 Å². The van der Waals surface area contributed by atoms with Gasteiger partial charge in [-0.05, 0) is 18.2 Å². The zero-order valence-corrected chi connectivity index (χ0v) is 12.3. The van der Waals surface area contributed by atoms with Crippen molar-refractivity contribution in [2.24, 2.45) is 0 Å². The third kappa shape index (κ3) is 3.01. The van der Waals surface area contributed by atoms with Crippen molar-refractivity contribution in [3.8, 4) is 0 Å². The second-order valence-corrected chi connectivity index (χ2v) is 5.79. The molecule has 0 saturated carbocycles. The van der Waals surface area contributed by atoms with E-state index in [1.165, 1.54) is 11.3 Å². The SMILES string of the molecule is CN(Cc1nc2ccccc2s1)c1nccc(C(F)(F)F)n1. The van der Waals surface area contributed by atoms with Crippen LogP contribution in [0.25, 0.3) is 10.2 Å². The van der Waals surface area contributed by atoms with Gasteiger partial charge in [0, 0.05) is 13.2 Å².